The molecule has 28 heavy (non-hydrogen) atoms. The maximum Gasteiger partial charge on any atom is 0.266 e. The molecule has 1 aromatic carbocycles. The zero-order valence-corrected chi connectivity index (χ0v) is 17.0. The third-order valence-electron chi connectivity index (χ3n) is 4.73. The average molecular weight is 402 g/mol. The van der Waals surface area contributed by atoms with Crippen LogP contribution in [0.15, 0.2) is 41.2 Å². The first-order valence-electron chi connectivity index (χ1n) is 9.85. The largest absolute Gasteiger partial charge is 0.494 e. The van der Waals surface area contributed by atoms with E-state index in [-0.39, 0.29) is 11.5 Å². The van der Waals surface area contributed by atoms with Crippen LogP contribution in [0.5, 0.6) is 5.75 Å². The molecule has 150 valence electrons. The van der Waals surface area contributed by atoms with Gasteiger partial charge in [0.2, 0.25) is 5.91 Å². The molecule has 2 aromatic rings. The first-order valence-corrected chi connectivity index (χ1v) is 10.9. The van der Waals surface area contributed by atoms with Gasteiger partial charge >= 0.3 is 0 Å². The van der Waals surface area contributed by atoms with Crippen LogP contribution in [0.2, 0.25) is 0 Å². The molecule has 1 aromatic heterocycles. The summed E-state index contributed by atoms with van der Waals surface area (Å²) in [5, 5.41) is 7.94. The summed E-state index contributed by atoms with van der Waals surface area (Å²) >= 11 is 1.74. The Labute approximate surface area is 169 Å². The monoisotopic (exact) mass is 401 g/mol. The Balaban J connectivity index is 1.53. The second-order valence-electron chi connectivity index (χ2n) is 6.80. The Morgan fingerprint density at radius 2 is 1.96 bits per heavy atom. The number of hydrogen-bond acceptors (Lipinski definition) is 5. The predicted octanol–water partition coefficient (Wildman–Crippen LogP) is 3.10. The zero-order chi connectivity index (χ0) is 19.8. The van der Waals surface area contributed by atoms with Crippen molar-refractivity contribution in [2.24, 2.45) is 0 Å². The molecule has 1 aliphatic carbocycles. The Hall–Kier alpha value is -2.28. The van der Waals surface area contributed by atoms with E-state index in [4.69, 9.17) is 4.74 Å². The Bertz CT molecular complexity index is 830. The number of carbonyl (C=O) groups excluding carboxylic acids is 1. The number of amides is 1. The molecule has 1 saturated carbocycles. The summed E-state index contributed by atoms with van der Waals surface area (Å²) in [6.45, 7) is 3.30. The maximum atomic E-state index is 12.1. The molecule has 0 saturated heterocycles. The number of aromatic nitrogens is 2. The van der Waals surface area contributed by atoms with Crippen molar-refractivity contribution in [2.45, 2.75) is 44.4 Å². The highest BCUT2D eigenvalue weighted by Gasteiger charge is 2.16. The fourth-order valence-corrected chi connectivity index (χ4v) is 4.41. The van der Waals surface area contributed by atoms with Gasteiger partial charge in [-0.1, -0.05) is 12.8 Å². The molecule has 7 heteroatoms. The van der Waals surface area contributed by atoms with Gasteiger partial charge in [0.05, 0.1) is 24.6 Å². The SMILES string of the molecule is CCOc1ccc(-c2ccc(=O)n(CCNC(=O)CSC3CCCC3)n2)cc1. The lowest BCUT2D eigenvalue weighted by molar-refractivity contribution is -0.118. The van der Waals surface area contributed by atoms with E-state index in [9.17, 15) is 9.59 Å². The van der Waals surface area contributed by atoms with Gasteiger partial charge in [0.25, 0.3) is 5.56 Å². The summed E-state index contributed by atoms with van der Waals surface area (Å²) in [5.41, 5.74) is 1.45. The third-order valence-corrected chi connectivity index (χ3v) is 6.10. The highest BCUT2D eigenvalue weighted by Crippen LogP contribution is 2.29. The number of ether oxygens (including phenoxy) is 1. The first kappa shape index (κ1) is 20.5. The fourth-order valence-electron chi connectivity index (χ4n) is 3.25. The van der Waals surface area contributed by atoms with Crippen LogP contribution in [-0.4, -0.2) is 39.8 Å². The zero-order valence-electron chi connectivity index (χ0n) is 16.2. The van der Waals surface area contributed by atoms with E-state index in [1.54, 1.807) is 17.8 Å². The van der Waals surface area contributed by atoms with E-state index in [0.29, 0.717) is 36.4 Å². The van der Waals surface area contributed by atoms with Gasteiger partial charge in [-0.3, -0.25) is 9.59 Å². The number of nitrogens with zero attached hydrogens (tertiary/aromatic N) is 2. The van der Waals surface area contributed by atoms with Gasteiger partial charge < -0.3 is 10.1 Å². The first-order chi connectivity index (χ1) is 13.7. The highest BCUT2D eigenvalue weighted by atomic mass is 32.2. The molecule has 0 spiro atoms. The van der Waals surface area contributed by atoms with Crippen molar-refractivity contribution in [1.29, 1.82) is 0 Å². The highest BCUT2D eigenvalue weighted by molar-refractivity contribution is 8.00. The molecule has 3 rings (SSSR count). The number of hydrogen-bond donors (Lipinski definition) is 1. The average Bonchev–Trinajstić information content (AvgIpc) is 3.22. The molecule has 1 N–H and O–H groups in total. The number of rotatable bonds is 9. The molecule has 0 aliphatic heterocycles. The summed E-state index contributed by atoms with van der Waals surface area (Å²) in [6, 6.07) is 10.8. The van der Waals surface area contributed by atoms with Crippen LogP contribution < -0.4 is 15.6 Å². The van der Waals surface area contributed by atoms with Crippen molar-refractivity contribution in [3.8, 4) is 17.0 Å². The Morgan fingerprint density at radius 1 is 1.21 bits per heavy atom. The smallest absolute Gasteiger partial charge is 0.266 e. The van der Waals surface area contributed by atoms with E-state index < -0.39 is 0 Å². The lowest BCUT2D eigenvalue weighted by Crippen LogP contribution is -2.33. The molecule has 0 atom stereocenters. The molecule has 1 fully saturated rings. The van der Waals surface area contributed by atoms with E-state index in [2.05, 4.69) is 10.4 Å². The molecule has 0 unspecified atom stereocenters. The summed E-state index contributed by atoms with van der Waals surface area (Å²) < 4.78 is 6.85. The number of thioether (sulfide) groups is 1. The molecule has 1 amide bonds. The summed E-state index contributed by atoms with van der Waals surface area (Å²) in [5.74, 6) is 1.31. The topological polar surface area (TPSA) is 73.2 Å². The molecular formula is C21H27N3O3S. The van der Waals surface area contributed by atoms with E-state index >= 15 is 0 Å². The second-order valence-corrected chi connectivity index (χ2v) is 8.09. The van der Waals surface area contributed by atoms with Gasteiger partial charge in [0, 0.05) is 23.4 Å². The molecule has 1 heterocycles. The number of carbonyl (C=O) groups is 1. The minimum absolute atomic E-state index is 0.0209. The van der Waals surface area contributed by atoms with Gasteiger partial charge in [-0.15, -0.1) is 11.8 Å². The van der Waals surface area contributed by atoms with Gasteiger partial charge in [0.1, 0.15) is 5.75 Å². The molecule has 1 aliphatic rings. The minimum atomic E-state index is -0.177. The summed E-state index contributed by atoms with van der Waals surface area (Å²) in [7, 11) is 0. The molecule has 0 bridgehead atoms. The lowest BCUT2D eigenvalue weighted by atomic mass is 10.1. The van der Waals surface area contributed by atoms with Gasteiger partial charge in [-0.25, -0.2) is 4.68 Å². The predicted molar refractivity (Wildman–Crippen MR) is 113 cm³/mol. The van der Waals surface area contributed by atoms with Crippen molar-refractivity contribution >= 4 is 17.7 Å². The van der Waals surface area contributed by atoms with Gasteiger partial charge in [-0.2, -0.15) is 5.10 Å². The maximum absolute atomic E-state index is 12.1. The summed E-state index contributed by atoms with van der Waals surface area (Å²) in [4.78, 5) is 24.1. The van der Waals surface area contributed by atoms with E-state index in [1.165, 1.54) is 36.4 Å². The van der Waals surface area contributed by atoms with Crippen molar-refractivity contribution in [3.05, 3.63) is 46.8 Å². The lowest BCUT2D eigenvalue weighted by Gasteiger charge is -2.10. The normalized spacial score (nSPS) is 14.2. The van der Waals surface area contributed by atoms with Crippen LogP contribution in [0, 0.1) is 0 Å². The van der Waals surface area contributed by atoms with Crippen molar-refractivity contribution < 1.29 is 9.53 Å². The Morgan fingerprint density at radius 3 is 2.68 bits per heavy atom. The molecule has 6 nitrogen and oxygen atoms in total. The second kappa shape index (κ2) is 10.3. The molecular weight excluding hydrogens is 374 g/mol. The standard InChI is InChI=1S/C21H27N3O3S/c1-2-27-17-9-7-16(8-10-17)19-11-12-21(26)24(23-19)14-13-22-20(25)15-28-18-5-3-4-6-18/h7-12,18H,2-6,13-15H2,1H3,(H,22,25). The van der Waals surface area contributed by atoms with Crippen LogP contribution in [0.25, 0.3) is 11.3 Å². The van der Waals surface area contributed by atoms with Gasteiger partial charge in [-0.05, 0) is 50.1 Å². The van der Waals surface area contributed by atoms with Gasteiger partial charge in [0.15, 0.2) is 0 Å². The summed E-state index contributed by atoms with van der Waals surface area (Å²) in [6.07, 6.45) is 4.99. The van der Waals surface area contributed by atoms with E-state index in [0.717, 1.165) is 11.3 Å². The van der Waals surface area contributed by atoms with Crippen LogP contribution in [0.4, 0.5) is 0 Å². The van der Waals surface area contributed by atoms with Crippen molar-refractivity contribution in [3.63, 3.8) is 0 Å². The fraction of sp³-hybridized carbons (Fsp3) is 0.476. The van der Waals surface area contributed by atoms with Crippen LogP contribution in [0.3, 0.4) is 0 Å². The third kappa shape index (κ3) is 5.86. The van der Waals surface area contributed by atoms with Crippen molar-refractivity contribution in [2.75, 3.05) is 18.9 Å². The quantitative estimate of drug-likeness (QED) is 0.699. The van der Waals surface area contributed by atoms with E-state index in [1.807, 2.05) is 31.2 Å². The van der Waals surface area contributed by atoms with Crippen LogP contribution >= 0.6 is 11.8 Å². The molecule has 0 radical (unpaired) electrons. The minimum Gasteiger partial charge on any atom is -0.494 e. The van der Waals surface area contributed by atoms with Crippen molar-refractivity contribution in [1.82, 2.24) is 15.1 Å². The number of nitrogens with one attached hydrogen (secondary N) is 1. The van der Waals surface area contributed by atoms with Crippen LogP contribution in [0.1, 0.15) is 32.6 Å². The Kier molecular flexibility index (Phi) is 7.54. The number of benzene rings is 1. The van der Waals surface area contributed by atoms with Crippen LogP contribution in [-0.2, 0) is 11.3 Å².